The molecule has 4 aromatic rings. The summed E-state index contributed by atoms with van der Waals surface area (Å²) in [6, 6.07) is 11.8. The second-order valence-electron chi connectivity index (χ2n) is 7.79. The van der Waals surface area contributed by atoms with Gasteiger partial charge in [0.1, 0.15) is 0 Å². The van der Waals surface area contributed by atoms with Crippen molar-refractivity contribution < 1.29 is 9.59 Å². The van der Waals surface area contributed by atoms with Gasteiger partial charge in [-0.1, -0.05) is 76.7 Å². The van der Waals surface area contributed by atoms with E-state index < -0.39 is 11.8 Å². The summed E-state index contributed by atoms with van der Waals surface area (Å²) in [6.45, 7) is 0. The second-order valence-corrected chi connectivity index (χ2v) is 10.2. The average Bonchev–Trinajstić information content (AvgIpc) is 3.47. The zero-order valence-electron chi connectivity index (χ0n) is 17.0. The molecular formula is C24H11Cl4N3O2S. The molecule has 2 aromatic heterocycles. The van der Waals surface area contributed by atoms with Crippen LogP contribution in [0.25, 0.3) is 21.8 Å². The quantitative estimate of drug-likeness (QED) is 0.149. The SMILES string of the molecule is O=C1c2c(Cl)c(Cl)c(Cl)c(Cl)c2C(=O)N1c1nc(-c2cccs2)c2c(n1)-c1ccccc1CC2. The molecule has 1 aliphatic heterocycles. The maximum Gasteiger partial charge on any atom is 0.270 e. The van der Waals surface area contributed by atoms with E-state index in [9.17, 15) is 9.59 Å². The van der Waals surface area contributed by atoms with Crippen LogP contribution >= 0.6 is 57.7 Å². The molecule has 0 saturated carbocycles. The highest BCUT2D eigenvalue weighted by atomic mass is 35.5. The van der Waals surface area contributed by atoms with E-state index in [0.717, 1.165) is 39.3 Å². The molecule has 0 fully saturated rings. The van der Waals surface area contributed by atoms with E-state index >= 15 is 0 Å². The molecule has 0 bridgehead atoms. The molecule has 0 radical (unpaired) electrons. The van der Waals surface area contributed by atoms with Gasteiger partial charge in [-0.25, -0.2) is 14.9 Å². The molecule has 0 unspecified atom stereocenters. The Balaban J connectivity index is 1.60. The topological polar surface area (TPSA) is 63.2 Å². The van der Waals surface area contributed by atoms with Crippen molar-refractivity contribution in [2.24, 2.45) is 0 Å². The zero-order valence-corrected chi connectivity index (χ0v) is 20.9. The van der Waals surface area contributed by atoms with Crippen molar-refractivity contribution in [1.29, 1.82) is 0 Å². The largest absolute Gasteiger partial charge is 0.270 e. The number of thiophene rings is 1. The predicted octanol–water partition coefficient (Wildman–Crippen LogP) is 7.38. The zero-order chi connectivity index (χ0) is 23.7. The van der Waals surface area contributed by atoms with Crippen LogP contribution in [0.5, 0.6) is 0 Å². The van der Waals surface area contributed by atoms with Crippen LogP contribution in [-0.4, -0.2) is 21.8 Å². The third-order valence-electron chi connectivity index (χ3n) is 5.97. The Kier molecular flexibility index (Phi) is 5.20. The Hall–Kier alpha value is -2.48. The first-order valence-corrected chi connectivity index (χ1v) is 12.6. The molecule has 0 spiro atoms. The maximum absolute atomic E-state index is 13.4. The lowest BCUT2D eigenvalue weighted by Crippen LogP contribution is -2.32. The van der Waals surface area contributed by atoms with E-state index in [1.807, 2.05) is 35.7 Å². The first kappa shape index (κ1) is 22.0. The number of carbonyl (C=O) groups is 2. The van der Waals surface area contributed by atoms with Crippen LogP contribution in [0.1, 0.15) is 31.8 Å². The lowest BCUT2D eigenvalue weighted by molar-refractivity contribution is 0.0924. The van der Waals surface area contributed by atoms with Crippen LogP contribution in [0, 0.1) is 0 Å². The normalized spacial score (nSPS) is 14.3. The van der Waals surface area contributed by atoms with Gasteiger partial charge in [0, 0.05) is 11.1 Å². The third-order valence-corrected chi connectivity index (χ3v) is 8.65. The molecule has 1 aliphatic carbocycles. The summed E-state index contributed by atoms with van der Waals surface area (Å²) in [5.74, 6) is -1.46. The first-order chi connectivity index (χ1) is 16.4. The van der Waals surface area contributed by atoms with Crippen molar-refractivity contribution in [3.63, 3.8) is 0 Å². The molecular weight excluding hydrogens is 536 g/mol. The molecule has 0 N–H and O–H groups in total. The Morgan fingerprint density at radius 2 is 1.41 bits per heavy atom. The molecule has 34 heavy (non-hydrogen) atoms. The van der Waals surface area contributed by atoms with Gasteiger partial charge in [-0.15, -0.1) is 11.3 Å². The van der Waals surface area contributed by atoms with Gasteiger partial charge in [0.15, 0.2) is 0 Å². The summed E-state index contributed by atoms with van der Waals surface area (Å²) >= 11 is 26.5. The standard InChI is InChI=1S/C24H11Cl4N3O2S/c25-16-14-15(17(26)19(28)18(16)27)23(33)31(22(14)32)24-29-20-11-5-2-1-4-10(11)7-8-12(20)21(30-24)13-6-3-9-34-13/h1-6,9H,7-8H2. The van der Waals surface area contributed by atoms with Gasteiger partial charge in [0.05, 0.1) is 47.5 Å². The van der Waals surface area contributed by atoms with Gasteiger partial charge in [0.25, 0.3) is 11.8 Å². The Bertz CT molecular complexity index is 1510. The number of rotatable bonds is 2. The van der Waals surface area contributed by atoms with Crippen molar-refractivity contribution in [2.75, 3.05) is 4.90 Å². The minimum Gasteiger partial charge on any atom is -0.268 e. The lowest BCUT2D eigenvalue weighted by Gasteiger charge is -2.23. The average molecular weight is 547 g/mol. The van der Waals surface area contributed by atoms with Crippen LogP contribution in [-0.2, 0) is 12.8 Å². The van der Waals surface area contributed by atoms with Crippen LogP contribution in [0.3, 0.4) is 0 Å². The fraction of sp³-hybridized carbons (Fsp3) is 0.0833. The summed E-state index contributed by atoms with van der Waals surface area (Å²) < 4.78 is 0. The van der Waals surface area contributed by atoms with Crippen molar-refractivity contribution in [1.82, 2.24) is 9.97 Å². The number of halogens is 4. The monoisotopic (exact) mass is 545 g/mol. The smallest absolute Gasteiger partial charge is 0.268 e. The lowest BCUT2D eigenvalue weighted by atomic mass is 9.88. The number of hydrogen-bond donors (Lipinski definition) is 0. The minimum absolute atomic E-state index is 0.0515. The summed E-state index contributed by atoms with van der Waals surface area (Å²) in [6.07, 6.45) is 1.59. The Morgan fingerprint density at radius 1 is 0.765 bits per heavy atom. The first-order valence-electron chi connectivity index (χ1n) is 10.2. The number of hydrogen-bond acceptors (Lipinski definition) is 5. The van der Waals surface area contributed by atoms with E-state index in [0.29, 0.717) is 11.4 Å². The summed E-state index contributed by atoms with van der Waals surface area (Å²) in [7, 11) is 0. The number of imide groups is 1. The fourth-order valence-corrected chi connectivity index (χ4v) is 6.16. The number of aromatic nitrogens is 2. The Labute approximate surface area is 217 Å². The molecule has 3 heterocycles. The molecule has 2 aliphatic rings. The maximum atomic E-state index is 13.4. The molecule has 5 nitrogen and oxygen atoms in total. The van der Waals surface area contributed by atoms with E-state index in [1.54, 1.807) is 0 Å². The molecule has 0 saturated heterocycles. The van der Waals surface area contributed by atoms with Crippen LogP contribution < -0.4 is 4.90 Å². The van der Waals surface area contributed by atoms with E-state index in [2.05, 4.69) is 6.07 Å². The third kappa shape index (κ3) is 3.06. The molecule has 2 amide bonds. The van der Waals surface area contributed by atoms with Crippen molar-refractivity contribution >= 4 is 75.5 Å². The number of nitrogens with zero attached hydrogens (tertiary/aromatic N) is 3. The second kappa shape index (κ2) is 8.04. The number of carbonyl (C=O) groups excluding carboxylic acids is 2. The molecule has 0 atom stereocenters. The van der Waals surface area contributed by atoms with E-state index in [1.165, 1.54) is 11.3 Å². The van der Waals surface area contributed by atoms with Gasteiger partial charge in [-0.05, 0) is 29.9 Å². The number of anilines is 1. The number of aryl methyl sites for hydroxylation is 1. The minimum atomic E-state index is -0.702. The van der Waals surface area contributed by atoms with Gasteiger partial charge in [-0.2, -0.15) is 0 Å². The molecule has 2 aromatic carbocycles. The van der Waals surface area contributed by atoms with Gasteiger partial charge < -0.3 is 0 Å². The highest BCUT2D eigenvalue weighted by molar-refractivity contribution is 7.13. The number of fused-ring (bicyclic) bond motifs is 4. The van der Waals surface area contributed by atoms with E-state index in [4.69, 9.17) is 56.4 Å². The number of benzene rings is 2. The number of amides is 2. The molecule has 6 rings (SSSR count). The molecule has 168 valence electrons. The summed E-state index contributed by atoms with van der Waals surface area (Å²) in [4.78, 5) is 38.1. The van der Waals surface area contributed by atoms with E-state index in [-0.39, 0.29) is 37.2 Å². The van der Waals surface area contributed by atoms with Crippen LogP contribution in [0.2, 0.25) is 20.1 Å². The highest BCUT2D eigenvalue weighted by Gasteiger charge is 2.44. The van der Waals surface area contributed by atoms with Crippen LogP contribution in [0.15, 0.2) is 41.8 Å². The van der Waals surface area contributed by atoms with Crippen molar-refractivity contribution in [3.8, 4) is 21.8 Å². The summed E-state index contributed by atoms with van der Waals surface area (Å²) in [5.41, 5.74) is 4.24. The predicted molar refractivity (Wildman–Crippen MR) is 136 cm³/mol. The molecule has 10 heteroatoms. The van der Waals surface area contributed by atoms with Gasteiger partial charge in [-0.3, -0.25) is 9.59 Å². The van der Waals surface area contributed by atoms with Gasteiger partial charge >= 0.3 is 0 Å². The van der Waals surface area contributed by atoms with Crippen molar-refractivity contribution in [3.05, 3.63) is 84.1 Å². The van der Waals surface area contributed by atoms with Crippen LogP contribution in [0.4, 0.5) is 5.95 Å². The fourth-order valence-electron chi connectivity index (χ4n) is 4.41. The highest BCUT2D eigenvalue weighted by Crippen LogP contribution is 2.46. The van der Waals surface area contributed by atoms with Gasteiger partial charge in [0.2, 0.25) is 5.95 Å². The van der Waals surface area contributed by atoms with Crippen molar-refractivity contribution in [2.45, 2.75) is 12.8 Å². The Morgan fingerprint density at radius 3 is 2.06 bits per heavy atom. The summed E-state index contributed by atoms with van der Waals surface area (Å²) in [5, 5.41) is 1.51.